The van der Waals surface area contributed by atoms with Gasteiger partial charge in [-0.2, -0.15) is 0 Å². The summed E-state index contributed by atoms with van der Waals surface area (Å²) in [6.07, 6.45) is 0.801. The number of ether oxygens (including phenoxy) is 1. The topological polar surface area (TPSA) is 46.6 Å². The van der Waals surface area contributed by atoms with Crippen LogP contribution in [0.15, 0.2) is 48.5 Å². The van der Waals surface area contributed by atoms with Crippen LogP contribution in [0.2, 0.25) is 5.02 Å². The number of anilines is 1. The fourth-order valence-electron chi connectivity index (χ4n) is 1.92. The molecule has 0 radical (unpaired) electrons. The average molecular weight is 318 g/mol. The Morgan fingerprint density at radius 2 is 1.86 bits per heavy atom. The van der Waals surface area contributed by atoms with Crippen LogP contribution in [0.3, 0.4) is 0 Å². The van der Waals surface area contributed by atoms with E-state index in [1.807, 2.05) is 24.1 Å². The first kappa shape index (κ1) is 16.0. The van der Waals surface area contributed by atoms with E-state index in [0.717, 1.165) is 12.0 Å². The molecule has 0 aliphatic carbocycles. The van der Waals surface area contributed by atoms with Crippen molar-refractivity contribution in [1.29, 1.82) is 0 Å². The van der Waals surface area contributed by atoms with Gasteiger partial charge in [-0.05, 0) is 36.4 Å². The third-order valence-corrected chi connectivity index (χ3v) is 3.55. The van der Waals surface area contributed by atoms with Crippen molar-refractivity contribution in [3.05, 3.63) is 64.7 Å². The van der Waals surface area contributed by atoms with E-state index in [2.05, 4.69) is 0 Å². The molecule has 2 rings (SSSR count). The summed E-state index contributed by atoms with van der Waals surface area (Å²) >= 11 is 5.95. The number of hydrogen-bond donors (Lipinski definition) is 0. The molecule has 0 atom stereocenters. The predicted molar refractivity (Wildman–Crippen MR) is 86.8 cm³/mol. The SMILES string of the molecule is CN(CCOC(=O)c1ccccc1Cl)c1ccc(C=O)cc1. The zero-order valence-corrected chi connectivity index (χ0v) is 12.9. The Hall–Kier alpha value is -2.33. The molecule has 0 aliphatic heterocycles. The number of nitrogens with zero attached hydrogens (tertiary/aromatic N) is 1. The number of likely N-dealkylation sites (N-methyl/N-ethyl adjacent to an activating group) is 1. The minimum absolute atomic E-state index is 0.246. The van der Waals surface area contributed by atoms with E-state index in [-0.39, 0.29) is 6.61 Å². The molecule has 0 saturated heterocycles. The molecule has 114 valence electrons. The number of rotatable bonds is 6. The number of aldehydes is 1. The Balaban J connectivity index is 1.86. The first-order chi connectivity index (χ1) is 10.6. The van der Waals surface area contributed by atoms with Gasteiger partial charge in [-0.3, -0.25) is 4.79 Å². The number of carbonyl (C=O) groups is 2. The van der Waals surface area contributed by atoms with Crippen LogP contribution >= 0.6 is 11.6 Å². The molecule has 0 aromatic heterocycles. The van der Waals surface area contributed by atoms with Crippen LogP contribution < -0.4 is 4.90 Å². The van der Waals surface area contributed by atoms with Crippen LogP contribution in [0, 0.1) is 0 Å². The van der Waals surface area contributed by atoms with Gasteiger partial charge in [0, 0.05) is 18.3 Å². The highest BCUT2D eigenvalue weighted by Gasteiger charge is 2.11. The lowest BCUT2D eigenvalue weighted by Crippen LogP contribution is -2.24. The van der Waals surface area contributed by atoms with Crippen molar-refractivity contribution < 1.29 is 14.3 Å². The molecule has 0 spiro atoms. The lowest BCUT2D eigenvalue weighted by molar-refractivity contribution is 0.0516. The van der Waals surface area contributed by atoms with Crippen molar-refractivity contribution in [2.75, 3.05) is 25.1 Å². The first-order valence-corrected chi connectivity index (χ1v) is 7.17. The van der Waals surface area contributed by atoms with Crippen molar-refractivity contribution in [2.24, 2.45) is 0 Å². The average Bonchev–Trinajstić information content (AvgIpc) is 2.55. The molecular formula is C17H16ClNO3. The molecule has 0 N–H and O–H groups in total. The van der Waals surface area contributed by atoms with Crippen molar-refractivity contribution in [2.45, 2.75) is 0 Å². The number of halogens is 1. The number of benzene rings is 2. The lowest BCUT2D eigenvalue weighted by Gasteiger charge is -2.19. The largest absolute Gasteiger partial charge is 0.460 e. The fraction of sp³-hybridized carbons (Fsp3) is 0.176. The Kier molecular flexibility index (Phi) is 5.55. The molecule has 5 heteroatoms. The standard InChI is InChI=1S/C17H16ClNO3/c1-19(14-8-6-13(12-20)7-9-14)10-11-22-17(21)15-4-2-3-5-16(15)18/h2-9,12H,10-11H2,1H3. The summed E-state index contributed by atoms with van der Waals surface area (Å²) in [4.78, 5) is 24.5. The molecule has 2 aromatic carbocycles. The van der Waals surface area contributed by atoms with Crippen molar-refractivity contribution >= 4 is 29.5 Å². The molecular weight excluding hydrogens is 302 g/mol. The van der Waals surface area contributed by atoms with Gasteiger partial charge >= 0.3 is 5.97 Å². The van der Waals surface area contributed by atoms with Crippen LogP contribution in [0.1, 0.15) is 20.7 Å². The molecule has 0 saturated carbocycles. The zero-order valence-electron chi connectivity index (χ0n) is 12.2. The molecule has 4 nitrogen and oxygen atoms in total. The molecule has 0 bridgehead atoms. The highest BCUT2D eigenvalue weighted by molar-refractivity contribution is 6.33. The van der Waals surface area contributed by atoms with Gasteiger partial charge in [-0.15, -0.1) is 0 Å². The number of hydrogen-bond acceptors (Lipinski definition) is 4. The van der Waals surface area contributed by atoms with E-state index in [4.69, 9.17) is 16.3 Å². The Labute approximate surface area is 134 Å². The van der Waals surface area contributed by atoms with Gasteiger partial charge in [-0.1, -0.05) is 23.7 Å². The van der Waals surface area contributed by atoms with E-state index in [9.17, 15) is 9.59 Å². The third-order valence-electron chi connectivity index (χ3n) is 3.22. The van der Waals surface area contributed by atoms with E-state index >= 15 is 0 Å². The van der Waals surface area contributed by atoms with Crippen LogP contribution in [-0.4, -0.2) is 32.5 Å². The quantitative estimate of drug-likeness (QED) is 0.605. The van der Waals surface area contributed by atoms with E-state index < -0.39 is 5.97 Å². The third kappa shape index (κ3) is 4.09. The van der Waals surface area contributed by atoms with Gasteiger partial charge in [0.15, 0.2) is 0 Å². The summed E-state index contributed by atoms with van der Waals surface area (Å²) in [5, 5.41) is 0.380. The predicted octanol–water partition coefficient (Wildman–Crippen LogP) is 3.45. The molecule has 0 aliphatic rings. The molecule has 0 fully saturated rings. The minimum atomic E-state index is -0.435. The zero-order chi connectivity index (χ0) is 15.9. The van der Waals surface area contributed by atoms with Gasteiger partial charge in [-0.25, -0.2) is 4.79 Å². The summed E-state index contributed by atoms with van der Waals surface area (Å²) in [5.74, 6) is -0.435. The molecule has 2 aromatic rings. The number of esters is 1. The Morgan fingerprint density at radius 1 is 1.18 bits per heavy atom. The van der Waals surface area contributed by atoms with E-state index in [0.29, 0.717) is 22.7 Å². The van der Waals surface area contributed by atoms with Gasteiger partial charge in [0.2, 0.25) is 0 Å². The summed E-state index contributed by atoms with van der Waals surface area (Å²) in [6, 6.07) is 14.0. The smallest absolute Gasteiger partial charge is 0.339 e. The maximum Gasteiger partial charge on any atom is 0.339 e. The maximum absolute atomic E-state index is 11.9. The van der Waals surface area contributed by atoms with E-state index in [1.54, 1.807) is 36.4 Å². The lowest BCUT2D eigenvalue weighted by atomic mass is 10.2. The minimum Gasteiger partial charge on any atom is -0.460 e. The summed E-state index contributed by atoms with van der Waals surface area (Å²) in [5.41, 5.74) is 1.93. The summed E-state index contributed by atoms with van der Waals surface area (Å²) in [7, 11) is 1.89. The monoisotopic (exact) mass is 317 g/mol. The second-order valence-electron chi connectivity index (χ2n) is 4.75. The highest BCUT2D eigenvalue weighted by Crippen LogP contribution is 2.16. The molecule has 22 heavy (non-hydrogen) atoms. The van der Waals surface area contributed by atoms with Crippen LogP contribution in [0.5, 0.6) is 0 Å². The molecule has 0 amide bonds. The van der Waals surface area contributed by atoms with Gasteiger partial charge in [0.25, 0.3) is 0 Å². The van der Waals surface area contributed by atoms with Gasteiger partial charge < -0.3 is 9.64 Å². The first-order valence-electron chi connectivity index (χ1n) is 6.80. The molecule has 0 unspecified atom stereocenters. The number of carbonyl (C=O) groups excluding carboxylic acids is 2. The van der Waals surface area contributed by atoms with Crippen LogP contribution in [0.4, 0.5) is 5.69 Å². The van der Waals surface area contributed by atoms with E-state index in [1.165, 1.54) is 0 Å². The normalized spacial score (nSPS) is 10.1. The van der Waals surface area contributed by atoms with Crippen LogP contribution in [0.25, 0.3) is 0 Å². The Morgan fingerprint density at radius 3 is 2.50 bits per heavy atom. The Bertz CT molecular complexity index is 655. The second-order valence-corrected chi connectivity index (χ2v) is 5.15. The van der Waals surface area contributed by atoms with Gasteiger partial charge in [0.05, 0.1) is 17.1 Å². The summed E-state index contributed by atoms with van der Waals surface area (Å²) in [6.45, 7) is 0.784. The summed E-state index contributed by atoms with van der Waals surface area (Å²) < 4.78 is 5.22. The van der Waals surface area contributed by atoms with Crippen molar-refractivity contribution in [3.63, 3.8) is 0 Å². The second kappa shape index (κ2) is 7.61. The fourth-order valence-corrected chi connectivity index (χ4v) is 2.13. The van der Waals surface area contributed by atoms with Crippen molar-refractivity contribution in [1.82, 2.24) is 0 Å². The highest BCUT2D eigenvalue weighted by atomic mass is 35.5. The molecule has 0 heterocycles. The maximum atomic E-state index is 11.9. The van der Waals surface area contributed by atoms with Crippen LogP contribution in [-0.2, 0) is 4.74 Å². The van der Waals surface area contributed by atoms with Gasteiger partial charge in [0.1, 0.15) is 12.9 Å². The van der Waals surface area contributed by atoms with Crippen molar-refractivity contribution in [3.8, 4) is 0 Å².